The van der Waals surface area contributed by atoms with Crippen molar-refractivity contribution in [3.05, 3.63) is 0 Å². The maximum absolute atomic E-state index is 9.23. The molecule has 0 saturated heterocycles. The van der Waals surface area contributed by atoms with Gasteiger partial charge in [0, 0.05) is 25.1 Å². The van der Waals surface area contributed by atoms with E-state index in [1.54, 1.807) is 0 Å². The van der Waals surface area contributed by atoms with Gasteiger partial charge in [-0.1, -0.05) is 20.8 Å². The van der Waals surface area contributed by atoms with Gasteiger partial charge in [0.15, 0.2) is 0 Å². The van der Waals surface area contributed by atoms with Gasteiger partial charge in [0.2, 0.25) is 0 Å². The Morgan fingerprint density at radius 1 is 1.36 bits per heavy atom. The van der Waals surface area contributed by atoms with Gasteiger partial charge < -0.3 is 10.0 Å². The van der Waals surface area contributed by atoms with Crippen LogP contribution < -0.4 is 0 Å². The van der Waals surface area contributed by atoms with Gasteiger partial charge in [0.05, 0.1) is 0 Å². The molecular formula is C12H25NO. The molecule has 0 radical (unpaired) electrons. The Morgan fingerprint density at radius 2 is 2.00 bits per heavy atom. The predicted molar refractivity (Wildman–Crippen MR) is 60.3 cm³/mol. The van der Waals surface area contributed by atoms with Gasteiger partial charge in [0.25, 0.3) is 0 Å². The number of hydrogen-bond donors (Lipinski definition) is 1. The molecule has 0 heterocycles. The zero-order valence-electron chi connectivity index (χ0n) is 9.92. The highest BCUT2D eigenvalue weighted by Crippen LogP contribution is 2.30. The van der Waals surface area contributed by atoms with Crippen molar-refractivity contribution >= 4 is 0 Å². The molecule has 0 spiro atoms. The third kappa shape index (κ3) is 4.43. The summed E-state index contributed by atoms with van der Waals surface area (Å²) >= 11 is 0. The van der Waals surface area contributed by atoms with Crippen molar-refractivity contribution in [1.29, 1.82) is 0 Å². The van der Waals surface area contributed by atoms with Crippen LogP contribution in [-0.4, -0.2) is 36.2 Å². The zero-order chi connectivity index (χ0) is 10.6. The van der Waals surface area contributed by atoms with E-state index in [1.165, 1.54) is 32.4 Å². The van der Waals surface area contributed by atoms with Gasteiger partial charge >= 0.3 is 0 Å². The SMILES string of the molecule is CCCN(CC1CC1)CC(C)(C)CO. The first-order valence-corrected chi connectivity index (χ1v) is 5.90. The van der Waals surface area contributed by atoms with Gasteiger partial charge in [-0.15, -0.1) is 0 Å². The number of aliphatic hydroxyl groups is 1. The molecular weight excluding hydrogens is 174 g/mol. The first-order valence-electron chi connectivity index (χ1n) is 5.90. The molecule has 0 aromatic rings. The van der Waals surface area contributed by atoms with E-state index in [0.717, 1.165) is 12.5 Å². The molecule has 14 heavy (non-hydrogen) atoms. The average molecular weight is 199 g/mol. The molecule has 1 saturated carbocycles. The van der Waals surface area contributed by atoms with Crippen LogP contribution in [0.2, 0.25) is 0 Å². The summed E-state index contributed by atoms with van der Waals surface area (Å²) in [6.07, 6.45) is 4.05. The number of nitrogens with zero attached hydrogens (tertiary/aromatic N) is 1. The Balaban J connectivity index is 2.32. The van der Waals surface area contributed by atoms with Crippen LogP contribution in [0.1, 0.15) is 40.0 Å². The Labute approximate surface area is 88.3 Å². The highest BCUT2D eigenvalue weighted by atomic mass is 16.3. The summed E-state index contributed by atoms with van der Waals surface area (Å²) in [7, 11) is 0. The Bertz CT molecular complexity index is 164. The molecule has 2 heteroatoms. The fourth-order valence-corrected chi connectivity index (χ4v) is 1.87. The lowest BCUT2D eigenvalue weighted by Gasteiger charge is -2.31. The molecule has 0 aromatic carbocycles. The normalized spacial score (nSPS) is 17.8. The lowest BCUT2D eigenvalue weighted by molar-refractivity contribution is 0.100. The Morgan fingerprint density at radius 3 is 2.43 bits per heavy atom. The molecule has 1 fully saturated rings. The summed E-state index contributed by atoms with van der Waals surface area (Å²) in [5.74, 6) is 0.955. The molecule has 0 bridgehead atoms. The summed E-state index contributed by atoms with van der Waals surface area (Å²) < 4.78 is 0. The van der Waals surface area contributed by atoms with E-state index >= 15 is 0 Å². The lowest BCUT2D eigenvalue weighted by Crippen LogP contribution is -2.38. The summed E-state index contributed by atoms with van der Waals surface area (Å²) in [4.78, 5) is 2.52. The van der Waals surface area contributed by atoms with Crippen LogP contribution in [0.3, 0.4) is 0 Å². The molecule has 1 rings (SSSR count). The number of aliphatic hydroxyl groups excluding tert-OH is 1. The van der Waals surface area contributed by atoms with E-state index in [-0.39, 0.29) is 12.0 Å². The zero-order valence-corrected chi connectivity index (χ0v) is 9.92. The fraction of sp³-hybridized carbons (Fsp3) is 1.00. The topological polar surface area (TPSA) is 23.5 Å². The highest BCUT2D eigenvalue weighted by Gasteiger charge is 2.27. The summed E-state index contributed by atoms with van der Waals surface area (Å²) in [6.45, 7) is 10.3. The molecule has 1 N–H and O–H groups in total. The van der Waals surface area contributed by atoms with Gasteiger partial charge in [-0.2, -0.15) is 0 Å². The van der Waals surface area contributed by atoms with E-state index in [1.807, 2.05) is 0 Å². The van der Waals surface area contributed by atoms with Crippen molar-refractivity contribution in [3.63, 3.8) is 0 Å². The third-order valence-electron chi connectivity index (χ3n) is 2.83. The van der Waals surface area contributed by atoms with Crippen LogP contribution in [0.15, 0.2) is 0 Å². The molecule has 0 aromatic heterocycles. The summed E-state index contributed by atoms with van der Waals surface area (Å²) in [5.41, 5.74) is 0.0596. The third-order valence-corrected chi connectivity index (χ3v) is 2.83. The molecule has 0 amide bonds. The minimum absolute atomic E-state index is 0.0596. The molecule has 2 nitrogen and oxygen atoms in total. The van der Waals surface area contributed by atoms with E-state index < -0.39 is 0 Å². The van der Waals surface area contributed by atoms with E-state index in [9.17, 15) is 5.11 Å². The Kier molecular flexibility index (Phi) is 4.39. The number of hydrogen-bond acceptors (Lipinski definition) is 2. The van der Waals surface area contributed by atoms with Crippen LogP contribution in [0.4, 0.5) is 0 Å². The van der Waals surface area contributed by atoms with Gasteiger partial charge in [-0.25, -0.2) is 0 Å². The second kappa shape index (κ2) is 5.13. The first kappa shape index (κ1) is 12.0. The minimum Gasteiger partial charge on any atom is -0.396 e. The largest absolute Gasteiger partial charge is 0.396 e. The molecule has 1 aliphatic rings. The predicted octanol–water partition coefficient (Wildman–Crippen LogP) is 2.13. The van der Waals surface area contributed by atoms with Crippen LogP contribution in [0.5, 0.6) is 0 Å². The monoisotopic (exact) mass is 199 g/mol. The quantitative estimate of drug-likeness (QED) is 0.679. The van der Waals surface area contributed by atoms with Crippen LogP contribution in [-0.2, 0) is 0 Å². The van der Waals surface area contributed by atoms with E-state index in [2.05, 4.69) is 25.7 Å². The first-order chi connectivity index (χ1) is 6.57. The molecule has 0 unspecified atom stereocenters. The van der Waals surface area contributed by atoms with Crippen molar-refractivity contribution in [2.45, 2.75) is 40.0 Å². The fourth-order valence-electron chi connectivity index (χ4n) is 1.87. The number of rotatable bonds is 7. The van der Waals surface area contributed by atoms with Gasteiger partial charge in [0.1, 0.15) is 0 Å². The molecule has 0 atom stereocenters. The van der Waals surface area contributed by atoms with Crippen LogP contribution in [0.25, 0.3) is 0 Å². The molecule has 0 aliphatic heterocycles. The van der Waals surface area contributed by atoms with Gasteiger partial charge in [-0.3, -0.25) is 0 Å². The van der Waals surface area contributed by atoms with E-state index in [0.29, 0.717) is 0 Å². The second-order valence-corrected chi connectivity index (χ2v) is 5.50. The van der Waals surface area contributed by atoms with Crippen LogP contribution >= 0.6 is 0 Å². The summed E-state index contributed by atoms with van der Waals surface area (Å²) in [5, 5.41) is 9.23. The molecule has 84 valence electrons. The highest BCUT2D eigenvalue weighted by molar-refractivity contribution is 4.80. The molecule has 1 aliphatic carbocycles. The van der Waals surface area contributed by atoms with Crippen molar-refractivity contribution < 1.29 is 5.11 Å². The van der Waals surface area contributed by atoms with Crippen molar-refractivity contribution in [1.82, 2.24) is 4.90 Å². The maximum atomic E-state index is 9.23. The van der Waals surface area contributed by atoms with E-state index in [4.69, 9.17) is 0 Å². The van der Waals surface area contributed by atoms with Crippen molar-refractivity contribution in [2.24, 2.45) is 11.3 Å². The average Bonchev–Trinajstić information content (AvgIpc) is 2.88. The second-order valence-electron chi connectivity index (χ2n) is 5.50. The van der Waals surface area contributed by atoms with Crippen molar-refractivity contribution in [2.75, 3.05) is 26.2 Å². The van der Waals surface area contributed by atoms with Gasteiger partial charge in [-0.05, 0) is 31.7 Å². The summed E-state index contributed by atoms with van der Waals surface area (Å²) in [6, 6.07) is 0. The van der Waals surface area contributed by atoms with Crippen molar-refractivity contribution in [3.8, 4) is 0 Å². The maximum Gasteiger partial charge on any atom is 0.0494 e. The standard InChI is InChI=1S/C12H25NO/c1-4-7-13(8-11-5-6-11)9-12(2,3)10-14/h11,14H,4-10H2,1-3H3. The Hall–Kier alpha value is -0.0800. The smallest absolute Gasteiger partial charge is 0.0494 e. The van der Waals surface area contributed by atoms with Crippen LogP contribution in [0, 0.1) is 11.3 Å². The minimum atomic E-state index is 0.0596. The lowest BCUT2D eigenvalue weighted by atomic mass is 9.94.